The molecule has 0 saturated carbocycles. The van der Waals surface area contributed by atoms with Crippen molar-refractivity contribution in [1.82, 2.24) is 4.90 Å². The SMILES string of the molecule is CCN(CC(=O)OC)C(=O)c1sc2cc(Cl)ccc2c1Cl. The molecule has 0 fully saturated rings. The first-order chi connectivity index (χ1) is 9.97. The number of nitrogens with zero attached hydrogens (tertiary/aromatic N) is 1. The van der Waals surface area contributed by atoms with Gasteiger partial charge in [-0.2, -0.15) is 0 Å². The summed E-state index contributed by atoms with van der Waals surface area (Å²) in [7, 11) is 1.29. The normalized spacial score (nSPS) is 10.7. The number of amides is 1. The van der Waals surface area contributed by atoms with Gasteiger partial charge in [0.05, 0.1) is 12.1 Å². The number of carbonyl (C=O) groups excluding carboxylic acids is 2. The summed E-state index contributed by atoms with van der Waals surface area (Å²) < 4.78 is 5.43. The molecule has 0 aliphatic carbocycles. The van der Waals surface area contributed by atoms with Crippen molar-refractivity contribution in [2.24, 2.45) is 0 Å². The Hall–Kier alpha value is -1.30. The van der Waals surface area contributed by atoms with Crippen molar-refractivity contribution in [3.63, 3.8) is 0 Å². The summed E-state index contributed by atoms with van der Waals surface area (Å²) in [5.74, 6) is -0.754. The third kappa shape index (κ3) is 3.31. The highest BCUT2D eigenvalue weighted by atomic mass is 35.5. The van der Waals surface area contributed by atoms with Crippen LogP contribution in [0.2, 0.25) is 10.0 Å². The van der Waals surface area contributed by atoms with Crippen molar-refractivity contribution >= 4 is 56.5 Å². The molecule has 0 aliphatic heterocycles. The first kappa shape index (κ1) is 16.1. The lowest BCUT2D eigenvalue weighted by Crippen LogP contribution is -2.35. The molecule has 0 aliphatic rings. The molecule has 0 atom stereocenters. The molecule has 0 N–H and O–H groups in total. The number of benzene rings is 1. The second-order valence-electron chi connectivity index (χ2n) is 4.28. The lowest BCUT2D eigenvalue weighted by molar-refractivity contribution is -0.141. The van der Waals surface area contributed by atoms with Crippen LogP contribution in [0.5, 0.6) is 0 Å². The quantitative estimate of drug-likeness (QED) is 0.790. The zero-order chi connectivity index (χ0) is 15.6. The number of thiophene rings is 1. The molecular formula is C14H13Cl2NO3S. The van der Waals surface area contributed by atoms with Gasteiger partial charge in [-0.15, -0.1) is 11.3 Å². The average molecular weight is 346 g/mol. The Morgan fingerprint density at radius 2 is 2.05 bits per heavy atom. The van der Waals surface area contributed by atoms with E-state index in [-0.39, 0.29) is 12.5 Å². The molecule has 0 unspecified atom stereocenters. The predicted octanol–water partition coefficient (Wildman–Crippen LogP) is 3.84. The molecule has 2 rings (SSSR count). The standard InChI is InChI=1S/C14H13Cl2NO3S/c1-3-17(7-11(18)20-2)14(19)13-12(16)9-5-4-8(15)6-10(9)21-13/h4-6H,3,7H2,1-2H3. The number of rotatable bonds is 4. The highest BCUT2D eigenvalue weighted by Crippen LogP contribution is 2.37. The molecule has 1 heterocycles. The van der Waals surface area contributed by atoms with Crippen molar-refractivity contribution in [2.75, 3.05) is 20.2 Å². The van der Waals surface area contributed by atoms with Gasteiger partial charge in [-0.3, -0.25) is 9.59 Å². The van der Waals surface area contributed by atoms with Gasteiger partial charge in [-0.25, -0.2) is 0 Å². The van der Waals surface area contributed by atoms with Gasteiger partial charge in [0, 0.05) is 21.7 Å². The van der Waals surface area contributed by atoms with Gasteiger partial charge in [-0.05, 0) is 19.1 Å². The van der Waals surface area contributed by atoms with Crippen molar-refractivity contribution in [2.45, 2.75) is 6.92 Å². The molecule has 1 aromatic carbocycles. The van der Waals surface area contributed by atoms with E-state index >= 15 is 0 Å². The summed E-state index contributed by atoms with van der Waals surface area (Å²) in [6.07, 6.45) is 0. The van der Waals surface area contributed by atoms with Crippen LogP contribution in [0, 0.1) is 0 Å². The van der Waals surface area contributed by atoms with Crippen molar-refractivity contribution < 1.29 is 14.3 Å². The van der Waals surface area contributed by atoms with E-state index < -0.39 is 5.97 Å². The van der Waals surface area contributed by atoms with Gasteiger partial charge < -0.3 is 9.64 Å². The van der Waals surface area contributed by atoms with E-state index in [0.717, 1.165) is 10.1 Å². The van der Waals surface area contributed by atoms with Gasteiger partial charge in [0.25, 0.3) is 5.91 Å². The van der Waals surface area contributed by atoms with Crippen molar-refractivity contribution in [3.05, 3.63) is 33.1 Å². The lowest BCUT2D eigenvalue weighted by Gasteiger charge is -2.18. The molecular weight excluding hydrogens is 333 g/mol. The highest BCUT2D eigenvalue weighted by molar-refractivity contribution is 7.21. The third-order valence-electron chi connectivity index (χ3n) is 3.00. The van der Waals surface area contributed by atoms with Crippen LogP contribution in [0.15, 0.2) is 18.2 Å². The Morgan fingerprint density at radius 3 is 2.67 bits per heavy atom. The third-order valence-corrected chi connectivity index (χ3v) is 4.88. The van der Waals surface area contributed by atoms with Crippen molar-refractivity contribution in [3.8, 4) is 0 Å². The maximum Gasteiger partial charge on any atom is 0.325 e. The number of esters is 1. The van der Waals surface area contributed by atoms with Crippen LogP contribution in [-0.2, 0) is 9.53 Å². The van der Waals surface area contributed by atoms with Gasteiger partial charge in [0.2, 0.25) is 0 Å². The molecule has 112 valence electrons. The fourth-order valence-corrected chi connectivity index (χ4v) is 3.62. The number of halogens is 2. The molecule has 0 spiro atoms. The Kier molecular flexibility index (Phi) is 5.08. The second-order valence-corrected chi connectivity index (χ2v) is 6.15. The van der Waals surface area contributed by atoms with E-state index in [0.29, 0.717) is 21.5 Å². The predicted molar refractivity (Wildman–Crippen MR) is 85.4 cm³/mol. The molecule has 0 saturated heterocycles. The van der Waals surface area contributed by atoms with Crippen LogP contribution < -0.4 is 0 Å². The zero-order valence-corrected chi connectivity index (χ0v) is 13.8. The molecule has 2 aromatic rings. The number of likely N-dealkylation sites (N-methyl/N-ethyl adjacent to an activating group) is 1. The molecule has 21 heavy (non-hydrogen) atoms. The van der Waals surface area contributed by atoms with Gasteiger partial charge in [0.1, 0.15) is 11.4 Å². The highest BCUT2D eigenvalue weighted by Gasteiger charge is 2.23. The van der Waals surface area contributed by atoms with Gasteiger partial charge in [-0.1, -0.05) is 29.3 Å². The summed E-state index contributed by atoms with van der Waals surface area (Å²) in [5.41, 5.74) is 0. The number of fused-ring (bicyclic) bond motifs is 1. The first-order valence-corrected chi connectivity index (χ1v) is 7.78. The molecule has 0 radical (unpaired) electrons. The van der Waals surface area contributed by atoms with Crippen molar-refractivity contribution in [1.29, 1.82) is 0 Å². The van der Waals surface area contributed by atoms with Crippen LogP contribution in [0.4, 0.5) is 0 Å². The maximum absolute atomic E-state index is 12.5. The van der Waals surface area contributed by atoms with E-state index in [1.165, 1.54) is 23.3 Å². The fraction of sp³-hybridized carbons (Fsp3) is 0.286. The second kappa shape index (κ2) is 6.64. The Bertz CT molecular complexity index is 699. The van der Waals surface area contributed by atoms with Gasteiger partial charge >= 0.3 is 5.97 Å². The largest absolute Gasteiger partial charge is 0.468 e. The van der Waals surface area contributed by atoms with E-state index in [9.17, 15) is 9.59 Å². The lowest BCUT2D eigenvalue weighted by atomic mass is 10.2. The Morgan fingerprint density at radius 1 is 1.33 bits per heavy atom. The van der Waals surface area contributed by atoms with Crippen LogP contribution in [0.25, 0.3) is 10.1 Å². The van der Waals surface area contributed by atoms with Crippen LogP contribution >= 0.6 is 34.5 Å². The molecule has 0 bridgehead atoms. The summed E-state index contributed by atoms with van der Waals surface area (Å²) in [4.78, 5) is 25.7. The van der Waals surface area contributed by atoms with Crippen LogP contribution in [-0.4, -0.2) is 37.0 Å². The maximum atomic E-state index is 12.5. The van der Waals surface area contributed by atoms with Crippen LogP contribution in [0.1, 0.15) is 16.6 Å². The number of hydrogen-bond donors (Lipinski definition) is 0. The minimum absolute atomic E-state index is 0.100. The van der Waals surface area contributed by atoms with E-state index in [1.807, 2.05) is 0 Å². The minimum Gasteiger partial charge on any atom is -0.468 e. The van der Waals surface area contributed by atoms with E-state index in [4.69, 9.17) is 23.2 Å². The fourth-order valence-electron chi connectivity index (χ4n) is 1.87. The van der Waals surface area contributed by atoms with E-state index in [2.05, 4.69) is 4.74 Å². The zero-order valence-electron chi connectivity index (χ0n) is 11.5. The Balaban J connectivity index is 2.38. The summed E-state index contributed by atoms with van der Waals surface area (Å²) in [5, 5.41) is 1.75. The Labute approximate surface area is 136 Å². The number of ether oxygens (including phenoxy) is 1. The first-order valence-electron chi connectivity index (χ1n) is 6.21. The molecule has 7 heteroatoms. The summed E-state index contributed by atoms with van der Waals surface area (Å²) >= 11 is 13.5. The average Bonchev–Trinajstić information content (AvgIpc) is 2.80. The monoisotopic (exact) mass is 345 g/mol. The van der Waals surface area contributed by atoms with E-state index in [1.54, 1.807) is 25.1 Å². The topological polar surface area (TPSA) is 46.6 Å². The smallest absolute Gasteiger partial charge is 0.325 e. The number of methoxy groups -OCH3 is 1. The summed E-state index contributed by atoms with van der Waals surface area (Å²) in [6.45, 7) is 2.08. The van der Waals surface area contributed by atoms with Crippen LogP contribution in [0.3, 0.4) is 0 Å². The summed E-state index contributed by atoms with van der Waals surface area (Å²) in [6, 6.07) is 5.27. The minimum atomic E-state index is -0.467. The molecule has 1 aromatic heterocycles. The number of hydrogen-bond acceptors (Lipinski definition) is 4. The number of carbonyl (C=O) groups is 2. The molecule has 4 nitrogen and oxygen atoms in total. The molecule has 1 amide bonds. The van der Waals surface area contributed by atoms with Gasteiger partial charge in [0.15, 0.2) is 0 Å².